The van der Waals surface area contributed by atoms with Crippen molar-refractivity contribution < 1.29 is 9.90 Å². The molecular weight excluding hydrogens is 280 g/mol. The summed E-state index contributed by atoms with van der Waals surface area (Å²) < 4.78 is 0. The van der Waals surface area contributed by atoms with Crippen LogP contribution in [0.5, 0.6) is 0 Å². The Hall–Kier alpha value is -2.63. The van der Waals surface area contributed by atoms with Gasteiger partial charge in [-0.05, 0) is 24.6 Å². The Morgan fingerprint density at radius 2 is 2.14 bits per heavy atom. The molecule has 116 valence electrons. The lowest BCUT2D eigenvalue weighted by Gasteiger charge is -2.18. The monoisotopic (exact) mass is 300 g/mol. The standard InChI is InChI=1S/C16H20N4O2/c1-3-4-8-20(2)15-10-14(17-11-18-15)19-13-7-5-6-12(9-13)16(21)22/h5-7,9-11H,3-4,8H2,1-2H3,(H,21,22)(H,17,18,19). The van der Waals surface area contributed by atoms with E-state index in [-0.39, 0.29) is 5.56 Å². The van der Waals surface area contributed by atoms with Crippen molar-refractivity contribution in [1.29, 1.82) is 0 Å². The zero-order valence-corrected chi connectivity index (χ0v) is 12.8. The molecule has 1 aromatic heterocycles. The van der Waals surface area contributed by atoms with Crippen molar-refractivity contribution in [2.45, 2.75) is 19.8 Å². The number of hydrogen-bond donors (Lipinski definition) is 2. The van der Waals surface area contributed by atoms with Gasteiger partial charge in [0.2, 0.25) is 0 Å². The molecule has 0 bridgehead atoms. The van der Waals surface area contributed by atoms with Crippen LogP contribution in [0, 0.1) is 0 Å². The number of nitrogens with one attached hydrogen (secondary N) is 1. The van der Waals surface area contributed by atoms with Crippen molar-refractivity contribution in [3.05, 3.63) is 42.2 Å². The van der Waals surface area contributed by atoms with Crippen LogP contribution in [0.3, 0.4) is 0 Å². The molecule has 0 amide bonds. The number of carbonyl (C=O) groups is 1. The van der Waals surface area contributed by atoms with E-state index in [9.17, 15) is 4.79 Å². The molecule has 6 heteroatoms. The second-order valence-corrected chi connectivity index (χ2v) is 5.05. The molecule has 1 heterocycles. The first-order valence-corrected chi connectivity index (χ1v) is 7.23. The number of nitrogens with zero attached hydrogens (tertiary/aromatic N) is 3. The Kier molecular flexibility index (Phi) is 5.30. The van der Waals surface area contributed by atoms with Crippen LogP contribution < -0.4 is 10.2 Å². The van der Waals surface area contributed by atoms with Crippen LogP contribution in [-0.4, -0.2) is 34.6 Å². The lowest BCUT2D eigenvalue weighted by molar-refractivity contribution is 0.0697. The van der Waals surface area contributed by atoms with Crippen molar-refractivity contribution in [3.8, 4) is 0 Å². The predicted molar refractivity (Wildman–Crippen MR) is 86.9 cm³/mol. The third-order valence-corrected chi connectivity index (χ3v) is 3.27. The fourth-order valence-electron chi connectivity index (χ4n) is 2.01. The number of carboxylic acid groups (broad SMARTS) is 1. The lowest BCUT2D eigenvalue weighted by Crippen LogP contribution is -2.19. The van der Waals surface area contributed by atoms with E-state index >= 15 is 0 Å². The van der Waals surface area contributed by atoms with E-state index in [1.165, 1.54) is 6.33 Å². The third-order valence-electron chi connectivity index (χ3n) is 3.27. The average Bonchev–Trinajstić information content (AvgIpc) is 2.53. The molecule has 0 saturated heterocycles. The van der Waals surface area contributed by atoms with Gasteiger partial charge in [-0.1, -0.05) is 19.4 Å². The molecule has 0 aliphatic heterocycles. The van der Waals surface area contributed by atoms with E-state index in [1.54, 1.807) is 24.3 Å². The number of carboxylic acids is 1. The summed E-state index contributed by atoms with van der Waals surface area (Å²) in [5.74, 6) is 0.516. The number of aromatic nitrogens is 2. The van der Waals surface area contributed by atoms with Crippen molar-refractivity contribution in [2.24, 2.45) is 0 Å². The molecule has 0 saturated carbocycles. The van der Waals surface area contributed by atoms with Gasteiger partial charge in [-0.3, -0.25) is 0 Å². The van der Waals surface area contributed by atoms with Gasteiger partial charge in [0.25, 0.3) is 0 Å². The number of benzene rings is 1. The molecule has 0 unspecified atom stereocenters. The molecule has 1 aromatic carbocycles. The molecule has 2 aromatic rings. The first-order chi connectivity index (χ1) is 10.6. The summed E-state index contributed by atoms with van der Waals surface area (Å²) in [6.07, 6.45) is 3.73. The summed E-state index contributed by atoms with van der Waals surface area (Å²) >= 11 is 0. The molecule has 6 nitrogen and oxygen atoms in total. The molecule has 0 spiro atoms. The third kappa shape index (κ3) is 4.18. The maximum Gasteiger partial charge on any atom is 0.335 e. The molecule has 0 aliphatic carbocycles. The van der Waals surface area contributed by atoms with Gasteiger partial charge in [0.1, 0.15) is 18.0 Å². The molecular formula is C16H20N4O2. The maximum atomic E-state index is 11.0. The average molecular weight is 300 g/mol. The fraction of sp³-hybridized carbons (Fsp3) is 0.312. The molecule has 0 atom stereocenters. The molecule has 0 radical (unpaired) electrons. The quantitative estimate of drug-likeness (QED) is 0.818. The Morgan fingerprint density at radius 1 is 1.32 bits per heavy atom. The van der Waals surface area contributed by atoms with E-state index in [1.807, 2.05) is 13.1 Å². The van der Waals surface area contributed by atoms with Gasteiger partial charge in [-0.2, -0.15) is 0 Å². The number of aromatic carboxylic acids is 1. The van der Waals surface area contributed by atoms with Crippen LogP contribution in [0.1, 0.15) is 30.1 Å². The topological polar surface area (TPSA) is 78.4 Å². The number of hydrogen-bond acceptors (Lipinski definition) is 5. The first kappa shape index (κ1) is 15.8. The highest BCUT2D eigenvalue weighted by Gasteiger charge is 2.06. The molecule has 0 fully saturated rings. The highest BCUT2D eigenvalue weighted by atomic mass is 16.4. The SMILES string of the molecule is CCCCN(C)c1cc(Nc2cccc(C(=O)O)c2)ncn1. The summed E-state index contributed by atoms with van der Waals surface area (Å²) in [7, 11) is 1.99. The molecule has 0 aliphatic rings. The smallest absolute Gasteiger partial charge is 0.335 e. The lowest BCUT2D eigenvalue weighted by atomic mass is 10.2. The van der Waals surface area contributed by atoms with Crippen molar-refractivity contribution in [2.75, 3.05) is 23.8 Å². The van der Waals surface area contributed by atoms with Crippen LogP contribution in [0.4, 0.5) is 17.3 Å². The Morgan fingerprint density at radius 3 is 2.86 bits per heavy atom. The fourth-order valence-corrected chi connectivity index (χ4v) is 2.01. The van der Waals surface area contributed by atoms with Crippen LogP contribution in [0.25, 0.3) is 0 Å². The highest BCUT2D eigenvalue weighted by molar-refractivity contribution is 5.89. The minimum absolute atomic E-state index is 0.236. The van der Waals surface area contributed by atoms with Crippen molar-refractivity contribution in [1.82, 2.24) is 9.97 Å². The second kappa shape index (κ2) is 7.40. The summed E-state index contributed by atoms with van der Waals surface area (Å²) in [6, 6.07) is 8.47. The van der Waals surface area contributed by atoms with Gasteiger partial charge in [0, 0.05) is 25.3 Å². The normalized spacial score (nSPS) is 10.3. The molecule has 2 N–H and O–H groups in total. The highest BCUT2D eigenvalue weighted by Crippen LogP contribution is 2.19. The van der Waals surface area contributed by atoms with Gasteiger partial charge >= 0.3 is 5.97 Å². The zero-order chi connectivity index (χ0) is 15.9. The van der Waals surface area contributed by atoms with Crippen LogP contribution in [-0.2, 0) is 0 Å². The zero-order valence-electron chi connectivity index (χ0n) is 12.8. The van der Waals surface area contributed by atoms with E-state index < -0.39 is 5.97 Å². The van der Waals surface area contributed by atoms with Gasteiger partial charge in [-0.15, -0.1) is 0 Å². The summed E-state index contributed by atoms with van der Waals surface area (Å²) in [6.45, 7) is 3.08. The van der Waals surface area contributed by atoms with Gasteiger partial charge < -0.3 is 15.3 Å². The van der Waals surface area contributed by atoms with E-state index in [0.29, 0.717) is 11.5 Å². The maximum absolute atomic E-state index is 11.0. The second-order valence-electron chi connectivity index (χ2n) is 5.05. The number of unbranched alkanes of at least 4 members (excludes halogenated alkanes) is 1. The van der Waals surface area contributed by atoms with E-state index in [4.69, 9.17) is 5.11 Å². The van der Waals surface area contributed by atoms with Crippen molar-refractivity contribution >= 4 is 23.3 Å². The molecule has 2 rings (SSSR count). The summed E-state index contributed by atoms with van der Waals surface area (Å²) in [5.41, 5.74) is 0.917. The largest absolute Gasteiger partial charge is 0.478 e. The van der Waals surface area contributed by atoms with Crippen LogP contribution >= 0.6 is 0 Å². The minimum Gasteiger partial charge on any atom is -0.478 e. The molecule has 22 heavy (non-hydrogen) atoms. The Bertz CT molecular complexity index is 646. The van der Waals surface area contributed by atoms with E-state index in [2.05, 4.69) is 27.1 Å². The van der Waals surface area contributed by atoms with Gasteiger partial charge in [0.15, 0.2) is 0 Å². The number of rotatable bonds is 7. The first-order valence-electron chi connectivity index (χ1n) is 7.23. The van der Waals surface area contributed by atoms with Gasteiger partial charge in [-0.25, -0.2) is 14.8 Å². The number of anilines is 3. The minimum atomic E-state index is -0.952. The van der Waals surface area contributed by atoms with E-state index in [0.717, 1.165) is 25.2 Å². The van der Waals surface area contributed by atoms with Crippen LogP contribution in [0.2, 0.25) is 0 Å². The van der Waals surface area contributed by atoms with Gasteiger partial charge in [0.05, 0.1) is 5.56 Å². The Balaban J connectivity index is 2.13. The van der Waals surface area contributed by atoms with Crippen LogP contribution in [0.15, 0.2) is 36.7 Å². The Labute approximate surface area is 129 Å². The summed E-state index contributed by atoms with van der Waals surface area (Å²) in [4.78, 5) is 21.5. The summed E-state index contributed by atoms with van der Waals surface area (Å²) in [5, 5.41) is 12.1. The predicted octanol–water partition coefficient (Wildman–Crippen LogP) is 3.15. The van der Waals surface area contributed by atoms with Crippen molar-refractivity contribution in [3.63, 3.8) is 0 Å².